The van der Waals surface area contributed by atoms with Crippen LogP contribution in [0.5, 0.6) is 0 Å². The first-order valence-electron chi connectivity index (χ1n) is 12.4. The fourth-order valence-corrected chi connectivity index (χ4v) is 5.22. The smallest absolute Gasteiger partial charge is 0.254 e. The van der Waals surface area contributed by atoms with E-state index in [9.17, 15) is 4.79 Å². The number of nitrogens with two attached hydrogens (primary N) is 1. The fourth-order valence-electron chi connectivity index (χ4n) is 4.87. The summed E-state index contributed by atoms with van der Waals surface area (Å²) < 4.78 is 2.61. The molecule has 1 fully saturated rings. The second-order valence-corrected chi connectivity index (χ2v) is 10.1. The van der Waals surface area contributed by atoms with Crippen molar-refractivity contribution in [1.82, 2.24) is 19.4 Å². The molecule has 3 heterocycles. The second-order valence-electron chi connectivity index (χ2n) is 9.23. The van der Waals surface area contributed by atoms with Crippen LogP contribution < -0.4 is 11.2 Å². The maximum absolute atomic E-state index is 13.6. The normalized spacial score (nSPS) is 16.8. The quantitative estimate of drug-likeness (QED) is 0.384. The lowest BCUT2D eigenvalue weighted by molar-refractivity contribution is 0.0708. The lowest BCUT2D eigenvalue weighted by Gasteiger charge is -2.33. The Bertz CT molecular complexity index is 1520. The van der Waals surface area contributed by atoms with Gasteiger partial charge in [0.1, 0.15) is 11.3 Å². The van der Waals surface area contributed by atoms with Crippen molar-refractivity contribution in [2.24, 2.45) is 17.8 Å². The van der Waals surface area contributed by atoms with E-state index in [2.05, 4.69) is 20.9 Å². The van der Waals surface area contributed by atoms with Crippen molar-refractivity contribution < 1.29 is 4.79 Å². The predicted molar refractivity (Wildman–Crippen MR) is 150 cm³/mol. The van der Waals surface area contributed by atoms with E-state index < -0.39 is 0 Å². The van der Waals surface area contributed by atoms with E-state index in [1.165, 1.54) is 6.20 Å². The molecule has 1 aliphatic rings. The van der Waals surface area contributed by atoms with Gasteiger partial charge in [-0.05, 0) is 57.2 Å². The van der Waals surface area contributed by atoms with Crippen LogP contribution in [0.3, 0.4) is 0 Å². The minimum Gasteiger partial charge on any atom is -0.404 e. The molecule has 0 bridgehead atoms. The second kappa shape index (κ2) is 11.1. The Hall–Kier alpha value is -3.78. The molecule has 2 N–H and O–H groups in total. The third kappa shape index (κ3) is 5.34. The number of fused-ring (bicyclic) bond motifs is 1. The molecule has 37 heavy (non-hydrogen) atoms. The molecule has 0 spiro atoms. The molecule has 8 heteroatoms. The number of hydrogen-bond acceptors (Lipinski definition) is 5. The zero-order chi connectivity index (χ0) is 25.8. The summed E-state index contributed by atoms with van der Waals surface area (Å²) in [6.07, 6.45) is 6.93. The van der Waals surface area contributed by atoms with Gasteiger partial charge in [-0.3, -0.25) is 14.8 Å². The zero-order valence-corrected chi connectivity index (χ0v) is 22.3. The van der Waals surface area contributed by atoms with Crippen molar-refractivity contribution in [2.45, 2.75) is 25.3 Å². The van der Waals surface area contributed by atoms with Gasteiger partial charge in [0.25, 0.3) is 5.91 Å². The van der Waals surface area contributed by atoms with Crippen molar-refractivity contribution in [3.8, 4) is 0 Å². The number of halogens is 1. The number of benzene rings is 2. The summed E-state index contributed by atoms with van der Waals surface area (Å²) >= 11 is 3.55. The van der Waals surface area contributed by atoms with Crippen LogP contribution in [0.25, 0.3) is 15.3 Å². The zero-order valence-electron chi connectivity index (χ0n) is 20.7. The van der Waals surface area contributed by atoms with Gasteiger partial charge in [0.05, 0.1) is 16.7 Å². The van der Waals surface area contributed by atoms with Crippen molar-refractivity contribution in [1.29, 1.82) is 0 Å². The number of aromatic nitrogens is 3. The molecule has 2 aromatic carbocycles. The Morgan fingerprint density at radius 3 is 2.84 bits per heavy atom. The monoisotopic (exact) mass is 556 g/mol. The van der Waals surface area contributed by atoms with Crippen molar-refractivity contribution in [2.75, 3.05) is 13.1 Å². The molecule has 0 aliphatic carbocycles. The minimum atomic E-state index is 0.0627. The first-order chi connectivity index (χ1) is 18.0. The first kappa shape index (κ1) is 24.9. The summed E-state index contributed by atoms with van der Waals surface area (Å²) in [5.74, 6) is 0.855. The Balaban J connectivity index is 1.48. The predicted octanol–water partition coefficient (Wildman–Crippen LogP) is 4.74. The highest BCUT2D eigenvalue weighted by atomic mass is 79.9. The van der Waals surface area contributed by atoms with E-state index in [0.717, 1.165) is 52.5 Å². The molecule has 7 nitrogen and oxygen atoms in total. The van der Waals surface area contributed by atoms with Crippen LogP contribution in [0, 0.1) is 0 Å². The third-order valence-corrected chi connectivity index (χ3v) is 7.45. The number of carbonyl (C=O) groups excluding carboxylic acids is 1. The Kier molecular flexibility index (Phi) is 7.46. The Morgan fingerprint density at radius 2 is 2.03 bits per heavy atom. The summed E-state index contributed by atoms with van der Waals surface area (Å²) in [6.45, 7) is 1.84. The maximum Gasteiger partial charge on any atom is 0.254 e. The Labute approximate surface area is 224 Å². The van der Waals surface area contributed by atoms with Gasteiger partial charge < -0.3 is 15.2 Å². The number of nitrogens with zero attached hydrogens (tertiary/aromatic N) is 5. The topological polar surface area (TPSA) is 89.4 Å². The molecule has 4 aromatic rings. The van der Waals surface area contributed by atoms with Gasteiger partial charge >= 0.3 is 0 Å². The van der Waals surface area contributed by atoms with Gasteiger partial charge in [0, 0.05) is 56.3 Å². The van der Waals surface area contributed by atoms with Crippen LogP contribution >= 0.6 is 15.9 Å². The number of rotatable bonds is 5. The van der Waals surface area contributed by atoms with Gasteiger partial charge in [-0.2, -0.15) is 0 Å². The molecule has 5 rings (SSSR count). The number of pyridine rings is 1. The number of likely N-dealkylation sites (tertiary alicyclic amines) is 1. The number of amides is 1. The van der Waals surface area contributed by atoms with Gasteiger partial charge in [-0.25, -0.2) is 4.98 Å². The van der Waals surface area contributed by atoms with Crippen LogP contribution in [0.4, 0.5) is 0 Å². The van der Waals surface area contributed by atoms with Crippen LogP contribution in [-0.2, 0) is 13.6 Å². The number of hydrogen-bond donors (Lipinski definition) is 1. The first-order valence-corrected chi connectivity index (χ1v) is 13.2. The SMILES string of the molecule is Cn1c(C(Br)=CN)nc(C2CCCN(C(=O)c3cccc4ccccc34)C2)cc1=NCc1cccnc1. The molecular weight excluding hydrogens is 528 g/mol. The van der Waals surface area contributed by atoms with E-state index in [0.29, 0.717) is 23.4 Å². The molecule has 0 saturated carbocycles. The molecule has 188 valence electrons. The number of carbonyl (C=O) groups is 1. The van der Waals surface area contributed by atoms with E-state index in [1.807, 2.05) is 83.4 Å². The standard InChI is InChI=1S/C29H29BrN6O/c1-35-27(33-18-20-7-5-13-32-17-20)15-26(34-28(35)25(30)16-31)22-10-6-14-36(19-22)29(37)24-12-4-9-21-8-2-3-11-23(21)24/h2-5,7-9,11-13,15-17,22H,6,10,14,18-19,31H2,1H3. The minimum absolute atomic E-state index is 0.0627. The van der Waals surface area contributed by atoms with Gasteiger partial charge in [0.15, 0.2) is 0 Å². The number of piperidine rings is 1. The van der Waals surface area contributed by atoms with Crippen molar-refractivity contribution >= 4 is 37.1 Å². The van der Waals surface area contributed by atoms with Crippen molar-refractivity contribution in [3.05, 3.63) is 107 Å². The molecule has 1 unspecified atom stereocenters. The lowest BCUT2D eigenvalue weighted by Crippen LogP contribution is -2.40. The fraction of sp³-hybridized carbons (Fsp3) is 0.241. The third-order valence-electron chi connectivity index (χ3n) is 6.83. The van der Waals surface area contributed by atoms with Crippen LogP contribution in [0.1, 0.15) is 46.2 Å². The highest BCUT2D eigenvalue weighted by molar-refractivity contribution is 9.15. The average molecular weight is 557 g/mol. The molecule has 0 radical (unpaired) electrons. The summed E-state index contributed by atoms with van der Waals surface area (Å²) in [7, 11) is 1.93. The van der Waals surface area contributed by atoms with E-state index in [1.54, 1.807) is 6.20 Å². The van der Waals surface area contributed by atoms with Crippen LogP contribution in [0.15, 0.2) is 84.2 Å². The van der Waals surface area contributed by atoms with Crippen molar-refractivity contribution in [3.63, 3.8) is 0 Å². The summed E-state index contributed by atoms with van der Waals surface area (Å²) in [6, 6.07) is 19.9. The van der Waals surface area contributed by atoms with Crippen LogP contribution in [0.2, 0.25) is 0 Å². The molecule has 1 atom stereocenters. The van der Waals surface area contributed by atoms with Gasteiger partial charge in [0.2, 0.25) is 0 Å². The largest absolute Gasteiger partial charge is 0.404 e. The summed E-state index contributed by atoms with van der Waals surface area (Å²) in [5, 5.41) is 2.06. The van der Waals surface area contributed by atoms with E-state index in [4.69, 9.17) is 15.7 Å². The van der Waals surface area contributed by atoms with E-state index >= 15 is 0 Å². The molecule has 1 aliphatic heterocycles. The Morgan fingerprint density at radius 1 is 1.19 bits per heavy atom. The summed E-state index contributed by atoms with van der Waals surface area (Å²) in [5.41, 5.74) is 9.31. The summed E-state index contributed by atoms with van der Waals surface area (Å²) in [4.78, 5) is 29.6. The highest BCUT2D eigenvalue weighted by Crippen LogP contribution is 2.29. The molecule has 1 saturated heterocycles. The average Bonchev–Trinajstić information content (AvgIpc) is 2.96. The highest BCUT2D eigenvalue weighted by Gasteiger charge is 2.28. The maximum atomic E-state index is 13.6. The van der Waals surface area contributed by atoms with Gasteiger partial charge in [-0.15, -0.1) is 0 Å². The van der Waals surface area contributed by atoms with E-state index in [-0.39, 0.29) is 11.8 Å². The molecule has 2 aromatic heterocycles. The molecule has 1 amide bonds. The lowest BCUT2D eigenvalue weighted by atomic mass is 9.93. The van der Waals surface area contributed by atoms with Gasteiger partial charge in [-0.1, -0.05) is 42.5 Å². The van der Waals surface area contributed by atoms with Crippen LogP contribution in [-0.4, -0.2) is 38.4 Å². The molecular formula is C29H29BrN6O.